The van der Waals surface area contributed by atoms with E-state index in [4.69, 9.17) is 11.6 Å². The molecule has 31 heavy (non-hydrogen) atoms. The van der Waals surface area contributed by atoms with Crippen molar-refractivity contribution in [1.82, 2.24) is 4.90 Å². The fourth-order valence-electron chi connectivity index (χ4n) is 3.80. The summed E-state index contributed by atoms with van der Waals surface area (Å²) in [4.78, 5) is 26.9. The van der Waals surface area contributed by atoms with Crippen LogP contribution in [0.15, 0.2) is 53.4 Å². The topological polar surface area (TPSA) is 37.4 Å². The van der Waals surface area contributed by atoms with Crippen LogP contribution in [-0.4, -0.2) is 28.8 Å². The van der Waals surface area contributed by atoms with E-state index < -0.39 is 5.50 Å². The molecule has 3 rings (SSSR count). The highest BCUT2D eigenvalue weighted by molar-refractivity contribution is 7.99. The second-order valence-corrected chi connectivity index (χ2v) is 9.56. The smallest absolute Gasteiger partial charge is 0.261 e. The van der Waals surface area contributed by atoms with Crippen molar-refractivity contribution in [3.05, 3.63) is 64.7 Å². The third-order valence-electron chi connectivity index (χ3n) is 5.52. The fraction of sp³-hybridized carbons (Fsp3) is 0.440. The van der Waals surface area contributed by atoms with Crippen LogP contribution in [0.25, 0.3) is 0 Å². The third kappa shape index (κ3) is 7.08. The van der Waals surface area contributed by atoms with Crippen molar-refractivity contribution in [2.24, 2.45) is 0 Å². The van der Waals surface area contributed by atoms with E-state index in [1.807, 2.05) is 12.1 Å². The van der Waals surface area contributed by atoms with Gasteiger partial charge in [-0.2, -0.15) is 0 Å². The minimum Gasteiger partial charge on any atom is -0.274 e. The van der Waals surface area contributed by atoms with E-state index in [0.717, 1.165) is 56.3 Å². The van der Waals surface area contributed by atoms with Gasteiger partial charge in [0.05, 0.1) is 11.1 Å². The monoisotopic (exact) mass is 461 g/mol. The Kier molecular flexibility index (Phi) is 9.41. The van der Waals surface area contributed by atoms with Gasteiger partial charge in [-0.1, -0.05) is 74.0 Å². The molecular weight excluding hydrogens is 433 g/mol. The van der Waals surface area contributed by atoms with Crippen LogP contribution in [0.1, 0.15) is 78.5 Å². The Bertz CT molecular complexity index is 839. The molecule has 0 bridgehead atoms. The molecule has 1 heterocycles. The van der Waals surface area contributed by atoms with Crippen molar-refractivity contribution < 1.29 is 14.0 Å². The summed E-state index contributed by atoms with van der Waals surface area (Å²) in [6.07, 6.45) is 8.90. The van der Waals surface area contributed by atoms with Gasteiger partial charge < -0.3 is 0 Å². The second kappa shape index (κ2) is 12.3. The molecular formula is C25H29ClFNO2S. The molecule has 0 spiro atoms. The summed E-state index contributed by atoms with van der Waals surface area (Å²) in [5.74, 6) is -0.331. The van der Waals surface area contributed by atoms with Gasteiger partial charge in [0.1, 0.15) is 5.50 Å². The molecule has 0 saturated heterocycles. The van der Waals surface area contributed by atoms with Gasteiger partial charge in [0.15, 0.2) is 0 Å². The molecule has 0 saturated carbocycles. The van der Waals surface area contributed by atoms with Crippen molar-refractivity contribution in [2.45, 2.75) is 68.2 Å². The summed E-state index contributed by atoms with van der Waals surface area (Å²) in [7, 11) is 0. The molecule has 2 amide bonds. The predicted octanol–water partition coefficient (Wildman–Crippen LogP) is 7.53. The zero-order valence-corrected chi connectivity index (χ0v) is 19.3. The molecule has 0 fully saturated rings. The zero-order chi connectivity index (χ0) is 22.1. The van der Waals surface area contributed by atoms with Crippen LogP contribution in [0.5, 0.6) is 0 Å². The molecule has 166 valence electrons. The van der Waals surface area contributed by atoms with E-state index in [-0.39, 0.29) is 11.8 Å². The minimum atomic E-state index is -0.872. The maximum absolute atomic E-state index is 14.1. The van der Waals surface area contributed by atoms with Crippen LogP contribution in [0, 0.1) is 0 Å². The first-order valence-corrected chi connectivity index (χ1v) is 12.3. The maximum Gasteiger partial charge on any atom is 0.261 e. The lowest BCUT2D eigenvalue weighted by Gasteiger charge is -2.13. The van der Waals surface area contributed by atoms with Gasteiger partial charge in [0.2, 0.25) is 0 Å². The average molecular weight is 462 g/mol. The van der Waals surface area contributed by atoms with E-state index in [2.05, 4.69) is 0 Å². The van der Waals surface area contributed by atoms with Gasteiger partial charge in [-0.15, -0.1) is 0 Å². The Balaban J connectivity index is 1.18. The summed E-state index contributed by atoms with van der Waals surface area (Å²) >= 11 is 7.11. The number of amides is 2. The quantitative estimate of drug-likeness (QED) is 0.176. The van der Waals surface area contributed by atoms with E-state index in [0.29, 0.717) is 29.1 Å². The molecule has 0 N–H and O–H groups in total. The number of halogens is 2. The van der Waals surface area contributed by atoms with Crippen molar-refractivity contribution in [1.29, 1.82) is 0 Å². The molecule has 1 aliphatic rings. The SMILES string of the molecule is O=C1c2ccccc2C(=O)N1CCCCCCCCCCC(F)Sc1ccc(Cl)cc1. The molecule has 2 aromatic carbocycles. The van der Waals surface area contributed by atoms with Crippen LogP contribution in [0.3, 0.4) is 0 Å². The molecule has 3 nitrogen and oxygen atoms in total. The fourth-order valence-corrected chi connectivity index (χ4v) is 4.80. The number of hydrogen-bond acceptors (Lipinski definition) is 3. The van der Waals surface area contributed by atoms with Crippen LogP contribution >= 0.6 is 23.4 Å². The first-order chi connectivity index (χ1) is 15.1. The number of hydrogen-bond donors (Lipinski definition) is 0. The van der Waals surface area contributed by atoms with Crippen LogP contribution in [-0.2, 0) is 0 Å². The number of carbonyl (C=O) groups is 2. The van der Waals surface area contributed by atoms with E-state index in [1.54, 1.807) is 36.4 Å². The maximum atomic E-state index is 14.1. The van der Waals surface area contributed by atoms with Gasteiger partial charge in [-0.05, 0) is 55.7 Å². The van der Waals surface area contributed by atoms with Crippen LogP contribution < -0.4 is 0 Å². The molecule has 0 aliphatic carbocycles. The zero-order valence-electron chi connectivity index (χ0n) is 17.7. The number of alkyl halides is 1. The lowest BCUT2D eigenvalue weighted by atomic mass is 10.1. The second-order valence-electron chi connectivity index (χ2n) is 7.91. The Morgan fingerprint density at radius 1 is 0.774 bits per heavy atom. The Hall–Kier alpha value is -1.85. The molecule has 2 aromatic rings. The minimum absolute atomic E-state index is 0.166. The summed E-state index contributed by atoms with van der Waals surface area (Å²) in [5.41, 5.74) is 0.174. The van der Waals surface area contributed by atoms with Gasteiger partial charge in [0, 0.05) is 16.5 Å². The van der Waals surface area contributed by atoms with Crippen molar-refractivity contribution >= 4 is 35.2 Å². The highest BCUT2D eigenvalue weighted by Crippen LogP contribution is 2.29. The molecule has 1 unspecified atom stereocenters. The van der Waals surface area contributed by atoms with E-state index in [9.17, 15) is 14.0 Å². The normalized spacial score (nSPS) is 14.2. The number of carbonyl (C=O) groups excluding carboxylic acids is 2. The Morgan fingerprint density at radius 2 is 1.29 bits per heavy atom. The number of unbranched alkanes of at least 4 members (excludes halogenated alkanes) is 7. The first-order valence-electron chi connectivity index (χ1n) is 11.1. The number of rotatable bonds is 13. The number of imide groups is 1. The third-order valence-corrected chi connectivity index (χ3v) is 6.81. The van der Waals surface area contributed by atoms with Gasteiger partial charge in [-0.25, -0.2) is 4.39 Å². The molecule has 0 aromatic heterocycles. The van der Waals surface area contributed by atoms with Crippen LogP contribution in [0.2, 0.25) is 5.02 Å². The molecule has 0 radical (unpaired) electrons. The van der Waals surface area contributed by atoms with E-state index in [1.165, 1.54) is 16.7 Å². The number of benzene rings is 2. The average Bonchev–Trinajstić information content (AvgIpc) is 3.01. The predicted molar refractivity (Wildman–Crippen MR) is 126 cm³/mol. The molecule has 1 aliphatic heterocycles. The Labute approximate surface area is 193 Å². The van der Waals surface area contributed by atoms with Crippen molar-refractivity contribution in [3.8, 4) is 0 Å². The number of nitrogens with zero attached hydrogens (tertiary/aromatic N) is 1. The molecule has 1 atom stereocenters. The highest BCUT2D eigenvalue weighted by atomic mass is 35.5. The highest BCUT2D eigenvalue weighted by Gasteiger charge is 2.34. The standard InChI is InChI=1S/C25H29ClFNO2S/c26-19-14-16-20(17-15-19)31-23(27)13-7-5-3-1-2-4-6-10-18-28-24(29)21-11-8-9-12-22(21)25(28)30/h8-9,11-12,14-17,23H,1-7,10,13,18H2. The first kappa shape index (κ1) is 23.8. The largest absolute Gasteiger partial charge is 0.274 e. The van der Waals surface area contributed by atoms with Gasteiger partial charge in [0.25, 0.3) is 11.8 Å². The van der Waals surface area contributed by atoms with Crippen molar-refractivity contribution in [2.75, 3.05) is 6.54 Å². The van der Waals surface area contributed by atoms with Crippen LogP contribution in [0.4, 0.5) is 4.39 Å². The lowest BCUT2D eigenvalue weighted by Crippen LogP contribution is -2.30. The van der Waals surface area contributed by atoms with Gasteiger partial charge >= 0.3 is 0 Å². The van der Waals surface area contributed by atoms with Crippen molar-refractivity contribution in [3.63, 3.8) is 0 Å². The lowest BCUT2D eigenvalue weighted by molar-refractivity contribution is 0.0651. The molecule has 6 heteroatoms. The van der Waals surface area contributed by atoms with Gasteiger partial charge in [-0.3, -0.25) is 14.5 Å². The summed E-state index contributed by atoms with van der Waals surface area (Å²) in [6.45, 7) is 0.496. The van der Waals surface area contributed by atoms with E-state index >= 15 is 0 Å². The summed E-state index contributed by atoms with van der Waals surface area (Å²) in [5, 5.41) is 0.670. The number of thioether (sulfide) groups is 1. The number of fused-ring (bicyclic) bond motifs is 1. The summed E-state index contributed by atoms with van der Waals surface area (Å²) in [6, 6.07) is 14.3. The Morgan fingerprint density at radius 3 is 1.87 bits per heavy atom. The summed E-state index contributed by atoms with van der Waals surface area (Å²) < 4.78 is 14.1.